The van der Waals surface area contributed by atoms with E-state index in [9.17, 15) is 14.0 Å². The molecule has 0 spiro atoms. The molecule has 0 aliphatic carbocycles. The van der Waals surface area contributed by atoms with Gasteiger partial charge >= 0.3 is 5.97 Å². The predicted molar refractivity (Wildman–Crippen MR) is 115 cm³/mol. The first-order valence-corrected chi connectivity index (χ1v) is 10.0. The van der Waals surface area contributed by atoms with Crippen LogP contribution in [0.5, 0.6) is 5.75 Å². The van der Waals surface area contributed by atoms with Crippen LogP contribution in [-0.4, -0.2) is 18.5 Å². The van der Waals surface area contributed by atoms with E-state index < -0.39 is 23.8 Å². The quantitative estimate of drug-likeness (QED) is 0.460. The number of esters is 1. The number of ether oxygens (including phenoxy) is 2. The van der Waals surface area contributed by atoms with Crippen molar-refractivity contribution in [3.63, 3.8) is 0 Å². The highest BCUT2D eigenvalue weighted by atomic mass is 79.9. The first kappa shape index (κ1) is 21.5. The van der Waals surface area contributed by atoms with Gasteiger partial charge in [0.05, 0.1) is 17.9 Å². The first-order valence-electron chi connectivity index (χ1n) is 9.23. The molecule has 30 heavy (non-hydrogen) atoms. The van der Waals surface area contributed by atoms with E-state index in [1.807, 2.05) is 6.92 Å². The summed E-state index contributed by atoms with van der Waals surface area (Å²) in [4.78, 5) is 25.8. The van der Waals surface area contributed by atoms with Crippen molar-refractivity contribution in [3.8, 4) is 5.75 Å². The molecular weight excluding hydrogens is 453 g/mol. The molecular formula is C23H19BrFNO4. The Kier molecular flexibility index (Phi) is 7.19. The van der Waals surface area contributed by atoms with Crippen molar-refractivity contribution < 1.29 is 23.5 Å². The maximum Gasteiger partial charge on any atom is 0.340 e. The second kappa shape index (κ2) is 10.0. The van der Waals surface area contributed by atoms with Crippen molar-refractivity contribution in [2.75, 3.05) is 11.9 Å². The maximum absolute atomic E-state index is 13.4. The normalized spacial score (nSPS) is 11.4. The van der Waals surface area contributed by atoms with Crippen LogP contribution in [0.3, 0.4) is 0 Å². The number of benzene rings is 3. The molecule has 0 aliphatic heterocycles. The topological polar surface area (TPSA) is 64.6 Å². The summed E-state index contributed by atoms with van der Waals surface area (Å²) in [5, 5.41) is 2.76. The van der Waals surface area contributed by atoms with Crippen LogP contribution < -0.4 is 10.1 Å². The standard InChI is InChI=1S/C23H19BrFNO4/c1-2-29-20-11-7-6-10-19(20)26-22(27)21(15-8-4-3-5-9-15)30-23(28)17-13-12-16(25)14-18(17)24/h3-14,21H,2H2,1H3,(H,26,27). The van der Waals surface area contributed by atoms with Gasteiger partial charge in [0.1, 0.15) is 11.6 Å². The van der Waals surface area contributed by atoms with Gasteiger partial charge in [0, 0.05) is 10.0 Å². The zero-order valence-corrected chi connectivity index (χ0v) is 17.7. The zero-order chi connectivity index (χ0) is 21.5. The number of hydrogen-bond acceptors (Lipinski definition) is 4. The van der Waals surface area contributed by atoms with Crippen molar-refractivity contribution in [1.29, 1.82) is 0 Å². The summed E-state index contributed by atoms with van der Waals surface area (Å²) in [5.41, 5.74) is 1.07. The van der Waals surface area contributed by atoms with Crippen molar-refractivity contribution in [3.05, 3.63) is 94.2 Å². The third-order valence-electron chi connectivity index (χ3n) is 4.16. The number of carbonyl (C=O) groups excluding carboxylic acids is 2. The van der Waals surface area contributed by atoms with E-state index in [1.54, 1.807) is 54.6 Å². The Hall–Kier alpha value is -3.19. The summed E-state index contributed by atoms with van der Waals surface area (Å²) in [5.74, 6) is -1.29. The number of rotatable bonds is 7. The molecule has 3 aromatic rings. The molecule has 1 amide bonds. The van der Waals surface area contributed by atoms with Gasteiger partial charge in [-0.3, -0.25) is 4.79 Å². The minimum Gasteiger partial charge on any atom is -0.492 e. The monoisotopic (exact) mass is 471 g/mol. The van der Waals surface area contributed by atoms with E-state index in [2.05, 4.69) is 21.2 Å². The second-order valence-electron chi connectivity index (χ2n) is 6.24. The van der Waals surface area contributed by atoms with Gasteiger partial charge in [0.2, 0.25) is 6.10 Å². The lowest BCUT2D eigenvalue weighted by Crippen LogP contribution is -2.26. The number of carbonyl (C=O) groups is 2. The Morgan fingerprint density at radius 2 is 1.73 bits per heavy atom. The Bertz CT molecular complexity index is 1040. The first-order chi connectivity index (χ1) is 14.5. The van der Waals surface area contributed by atoms with Gasteiger partial charge < -0.3 is 14.8 Å². The molecule has 3 aromatic carbocycles. The Morgan fingerprint density at radius 3 is 2.43 bits per heavy atom. The minimum absolute atomic E-state index is 0.111. The van der Waals surface area contributed by atoms with Gasteiger partial charge in [-0.05, 0) is 53.2 Å². The van der Waals surface area contributed by atoms with E-state index in [-0.39, 0.29) is 10.0 Å². The number of halogens is 2. The maximum atomic E-state index is 13.4. The molecule has 5 nitrogen and oxygen atoms in total. The molecule has 154 valence electrons. The van der Waals surface area contributed by atoms with Gasteiger partial charge in [-0.1, -0.05) is 42.5 Å². The highest BCUT2D eigenvalue weighted by Crippen LogP contribution is 2.28. The van der Waals surface area contributed by atoms with Crippen molar-refractivity contribution >= 4 is 33.5 Å². The largest absolute Gasteiger partial charge is 0.492 e. The molecule has 0 heterocycles. The van der Waals surface area contributed by atoms with Gasteiger partial charge in [0.15, 0.2) is 0 Å². The van der Waals surface area contributed by atoms with E-state index in [0.717, 1.165) is 12.1 Å². The van der Waals surface area contributed by atoms with E-state index in [4.69, 9.17) is 9.47 Å². The molecule has 0 aromatic heterocycles. The van der Waals surface area contributed by atoms with E-state index in [1.165, 1.54) is 6.07 Å². The van der Waals surface area contributed by atoms with Crippen LogP contribution >= 0.6 is 15.9 Å². The molecule has 0 saturated carbocycles. The fourth-order valence-corrected chi connectivity index (χ4v) is 3.29. The zero-order valence-electron chi connectivity index (χ0n) is 16.1. The van der Waals surface area contributed by atoms with Crippen molar-refractivity contribution in [2.45, 2.75) is 13.0 Å². The van der Waals surface area contributed by atoms with Crippen LogP contribution in [0.1, 0.15) is 28.9 Å². The molecule has 7 heteroatoms. The molecule has 0 radical (unpaired) electrons. The third-order valence-corrected chi connectivity index (χ3v) is 4.82. The second-order valence-corrected chi connectivity index (χ2v) is 7.09. The summed E-state index contributed by atoms with van der Waals surface area (Å²) >= 11 is 3.15. The van der Waals surface area contributed by atoms with Crippen molar-refractivity contribution in [1.82, 2.24) is 0 Å². The summed E-state index contributed by atoms with van der Waals surface area (Å²) < 4.78 is 24.7. The smallest absolute Gasteiger partial charge is 0.340 e. The van der Waals surface area contributed by atoms with Crippen LogP contribution in [0.25, 0.3) is 0 Å². The van der Waals surface area contributed by atoms with Gasteiger partial charge in [-0.25, -0.2) is 9.18 Å². The van der Waals surface area contributed by atoms with Gasteiger partial charge in [-0.15, -0.1) is 0 Å². The van der Waals surface area contributed by atoms with Crippen LogP contribution in [-0.2, 0) is 9.53 Å². The molecule has 1 atom stereocenters. The van der Waals surface area contributed by atoms with E-state index in [0.29, 0.717) is 23.6 Å². The summed E-state index contributed by atoms with van der Waals surface area (Å²) in [6.45, 7) is 2.27. The SMILES string of the molecule is CCOc1ccccc1NC(=O)C(OC(=O)c1ccc(F)cc1Br)c1ccccc1. The summed E-state index contributed by atoms with van der Waals surface area (Å²) in [6.07, 6.45) is -1.22. The van der Waals surface area contributed by atoms with Crippen LogP contribution in [0.4, 0.5) is 10.1 Å². The number of nitrogens with one attached hydrogen (secondary N) is 1. The number of hydrogen-bond donors (Lipinski definition) is 1. The lowest BCUT2D eigenvalue weighted by Gasteiger charge is -2.19. The fraction of sp³-hybridized carbons (Fsp3) is 0.130. The lowest BCUT2D eigenvalue weighted by atomic mass is 10.1. The average molecular weight is 472 g/mol. The number of amides is 1. The predicted octanol–water partition coefficient (Wildman–Crippen LogP) is 5.52. The lowest BCUT2D eigenvalue weighted by molar-refractivity contribution is -0.125. The molecule has 0 fully saturated rings. The van der Waals surface area contributed by atoms with Crippen LogP contribution in [0.2, 0.25) is 0 Å². The molecule has 0 bridgehead atoms. The van der Waals surface area contributed by atoms with Gasteiger partial charge in [0.25, 0.3) is 5.91 Å². The highest BCUT2D eigenvalue weighted by molar-refractivity contribution is 9.10. The molecule has 0 aliphatic rings. The molecule has 1 N–H and O–H groups in total. The Morgan fingerprint density at radius 1 is 1.03 bits per heavy atom. The van der Waals surface area contributed by atoms with Gasteiger partial charge in [-0.2, -0.15) is 0 Å². The van der Waals surface area contributed by atoms with E-state index >= 15 is 0 Å². The Balaban J connectivity index is 1.88. The Labute approximate surface area is 182 Å². The number of para-hydroxylation sites is 2. The van der Waals surface area contributed by atoms with Crippen molar-refractivity contribution in [2.24, 2.45) is 0 Å². The summed E-state index contributed by atoms with van der Waals surface area (Å²) in [7, 11) is 0. The average Bonchev–Trinajstić information content (AvgIpc) is 2.74. The highest BCUT2D eigenvalue weighted by Gasteiger charge is 2.27. The fourth-order valence-electron chi connectivity index (χ4n) is 2.78. The van der Waals surface area contributed by atoms with Crippen LogP contribution in [0, 0.1) is 5.82 Å². The number of anilines is 1. The molecule has 1 unspecified atom stereocenters. The van der Waals surface area contributed by atoms with Crippen LogP contribution in [0.15, 0.2) is 77.3 Å². The molecule has 0 saturated heterocycles. The molecule has 3 rings (SSSR count). The summed E-state index contributed by atoms with van der Waals surface area (Å²) in [6, 6.07) is 19.2. The minimum atomic E-state index is -1.22. The third kappa shape index (κ3) is 5.24.